The average Bonchev–Trinajstić information content (AvgIpc) is 2.65. The molecule has 134 valence electrons. The quantitative estimate of drug-likeness (QED) is 0.645. The van der Waals surface area contributed by atoms with Gasteiger partial charge >= 0.3 is 0 Å². The zero-order chi connectivity index (χ0) is 18.1. The van der Waals surface area contributed by atoms with Crippen LogP contribution < -0.4 is 4.74 Å². The molecule has 25 heavy (non-hydrogen) atoms. The van der Waals surface area contributed by atoms with Crippen molar-refractivity contribution >= 4 is 5.78 Å². The van der Waals surface area contributed by atoms with Crippen LogP contribution in [0.2, 0.25) is 0 Å². The van der Waals surface area contributed by atoms with Gasteiger partial charge in [0.15, 0.2) is 0 Å². The third-order valence-electron chi connectivity index (χ3n) is 4.63. The van der Waals surface area contributed by atoms with Crippen LogP contribution in [-0.2, 0) is 11.2 Å². The van der Waals surface area contributed by atoms with E-state index in [1.165, 1.54) is 0 Å². The van der Waals surface area contributed by atoms with Crippen LogP contribution in [0.1, 0.15) is 37.8 Å². The van der Waals surface area contributed by atoms with Crippen LogP contribution in [0.25, 0.3) is 0 Å². The third kappa shape index (κ3) is 6.02. The van der Waals surface area contributed by atoms with Crippen molar-refractivity contribution in [1.29, 1.82) is 0 Å². The molecule has 0 amide bonds. The van der Waals surface area contributed by atoms with E-state index in [9.17, 15) is 4.79 Å². The summed E-state index contributed by atoms with van der Waals surface area (Å²) in [4.78, 5) is 14.4. The first-order valence-electron chi connectivity index (χ1n) is 9.13. The Hall–Kier alpha value is -2.13. The Bertz CT molecular complexity index is 633. The molecular weight excluding hydrogens is 310 g/mol. The lowest BCUT2D eigenvalue weighted by molar-refractivity contribution is -0.118. The normalized spacial score (nSPS) is 12.2. The van der Waals surface area contributed by atoms with E-state index in [4.69, 9.17) is 4.74 Å². The highest BCUT2D eigenvalue weighted by atomic mass is 16.5. The first-order chi connectivity index (χ1) is 12.1. The Kier molecular flexibility index (Phi) is 7.68. The molecule has 0 radical (unpaired) electrons. The zero-order valence-corrected chi connectivity index (χ0v) is 15.6. The number of likely N-dealkylation sites (N-methyl/N-ethyl adjacent to an activating group) is 1. The molecule has 0 aliphatic rings. The van der Waals surface area contributed by atoms with Gasteiger partial charge < -0.3 is 9.64 Å². The average molecular weight is 339 g/mol. The zero-order valence-electron chi connectivity index (χ0n) is 15.6. The number of nitrogens with zero attached hydrogens (tertiary/aromatic N) is 1. The van der Waals surface area contributed by atoms with Crippen LogP contribution in [0.15, 0.2) is 54.6 Å². The van der Waals surface area contributed by atoms with Crippen molar-refractivity contribution in [2.45, 2.75) is 33.1 Å². The lowest BCUT2D eigenvalue weighted by Gasteiger charge is -2.18. The van der Waals surface area contributed by atoms with Gasteiger partial charge in [0.05, 0.1) is 0 Å². The molecule has 0 saturated heterocycles. The maximum Gasteiger partial charge on any atom is 0.137 e. The van der Waals surface area contributed by atoms with Crippen molar-refractivity contribution in [1.82, 2.24) is 4.90 Å². The number of Topliss-reactive ketones (excluding diaryl/α,β-unsaturated/α-hetero) is 1. The van der Waals surface area contributed by atoms with E-state index in [0.717, 1.165) is 42.9 Å². The van der Waals surface area contributed by atoms with Gasteiger partial charge in [-0.3, -0.25) is 4.79 Å². The summed E-state index contributed by atoms with van der Waals surface area (Å²) in [5.41, 5.74) is 2.23. The van der Waals surface area contributed by atoms with Gasteiger partial charge in [0.1, 0.15) is 18.1 Å². The molecule has 0 aromatic heterocycles. The second-order valence-electron chi connectivity index (χ2n) is 6.30. The maximum absolute atomic E-state index is 12.0. The monoisotopic (exact) mass is 339 g/mol. The summed E-state index contributed by atoms with van der Waals surface area (Å²) in [6.07, 6.45) is 0.721. The van der Waals surface area contributed by atoms with E-state index in [0.29, 0.717) is 6.61 Å². The van der Waals surface area contributed by atoms with Crippen molar-refractivity contribution in [3.63, 3.8) is 0 Å². The molecule has 0 aliphatic heterocycles. The van der Waals surface area contributed by atoms with Crippen molar-refractivity contribution in [2.24, 2.45) is 0 Å². The molecule has 0 spiro atoms. The number of carbonyl (C=O) groups excluding carboxylic acids is 1. The number of ketones is 1. The fraction of sp³-hybridized carbons (Fsp3) is 0.409. The Morgan fingerprint density at radius 3 is 2.20 bits per heavy atom. The van der Waals surface area contributed by atoms with Gasteiger partial charge in [-0.15, -0.1) is 0 Å². The summed E-state index contributed by atoms with van der Waals surface area (Å²) in [6.45, 7) is 9.72. The minimum absolute atomic E-state index is 0.0874. The summed E-state index contributed by atoms with van der Waals surface area (Å²) >= 11 is 0. The molecule has 0 aliphatic carbocycles. The number of ether oxygens (including phenoxy) is 1. The minimum Gasteiger partial charge on any atom is -0.492 e. The molecule has 2 rings (SSSR count). The second-order valence-corrected chi connectivity index (χ2v) is 6.30. The van der Waals surface area contributed by atoms with Gasteiger partial charge in [-0.25, -0.2) is 0 Å². The minimum atomic E-state index is -0.0874. The topological polar surface area (TPSA) is 29.5 Å². The van der Waals surface area contributed by atoms with E-state index < -0.39 is 0 Å². The standard InChI is InChI=1S/C22H29NO2/c1-4-23(5-2)15-16-25-21-13-11-19(12-14-21)17-22(18(3)24)20-9-7-6-8-10-20/h6-14,22H,4-5,15-17H2,1-3H3. The van der Waals surface area contributed by atoms with Gasteiger partial charge in [0.2, 0.25) is 0 Å². The van der Waals surface area contributed by atoms with Gasteiger partial charge in [0, 0.05) is 12.5 Å². The first-order valence-corrected chi connectivity index (χ1v) is 9.13. The molecule has 0 saturated carbocycles. The van der Waals surface area contributed by atoms with Gasteiger partial charge in [-0.05, 0) is 49.7 Å². The molecule has 2 aromatic rings. The highest BCUT2D eigenvalue weighted by Gasteiger charge is 2.17. The molecule has 0 bridgehead atoms. The summed E-state index contributed by atoms with van der Waals surface area (Å²) in [5.74, 6) is 0.997. The molecule has 3 heteroatoms. The first kappa shape index (κ1) is 19.2. The maximum atomic E-state index is 12.0. The number of rotatable bonds is 10. The number of carbonyl (C=O) groups is 1. The van der Waals surface area contributed by atoms with E-state index in [-0.39, 0.29) is 11.7 Å². The second kappa shape index (κ2) is 10.00. The van der Waals surface area contributed by atoms with Gasteiger partial charge in [-0.2, -0.15) is 0 Å². The molecule has 3 nitrogen and oxygen atoms in total. The fourth-order valence-corrected chi connectivity index (χ4v) is 2.97. The summed E-state index contributed by atoms with van der Waals surface area (Å²) in [6, 6.07) is 18.1. The van der Waals surface area contributed by atoms with Crippen LogP contribution in [0.3, 0.4) is 0 Å². The molecule has 0 N–H and O–H groups in total. The van der Waals surface area contributed by atoms with Crippen molar-refractivity contribution in [3.05, 3.63) is 65.7 Å². The predicted molar refractivity (Wildman–Crippen MR) is 103 cm³/mol. The number of benzene rings is 2. The Balaban J connectivity index is 1.93. The number of hydrogen-bond acceptors (Lipinski definition) is 3. The Morgan fingerprint density at radius 2 is 1.64 bits per heavy atom. The van der Waals surface area contributed by atoms with Crippen molar-refractivity contribution < 1.29 is 9.53 Å². The molecule has 2 aromatic carbocycles. The van der Waals surface area contributed by atoms with E-state index in [1.54, 1.807) is 6.92 Å². The highest BCUT2D eigenvalue weighted by Crippen LogP contribution is 2.23. The Morgan fingerprint density at radius 1 is 1.00 bits per heavy atom. The number of hydrogen-bond donors (Lipinski definition) is 0. The lowest BCUT2D eigenvalue weighted by atomic mass is 9.89. The molecule has 1 atom stereocenters. The lowest BCUT2D eigenvalue weighted by Crippen LogP contribution is -2.27. The van der Waals surface area contributed by atoms with E-state index in [1.807, 2.05) is 42.5 Å². The summed E-state index contributed by atoms with van der Waals surface area (Å²) < 4.78 is 5.82. The van der Waals surface area contributed by atoms with Crippen LogP contribution in [0.5, 0.6) is 5.75 Å². The van der Waals surface area contributed by atoms with Crippen LogP contribution >= 0.6 is 0 Å². The van der Waals surface area contributed by atoms with Crippen LogP contribution in [0, 0.1) is 0 Å². The molecule has 0 fully saturated rings. The Labute approximate surface area is 151 Å². The summed E-state index contributed by atoms with van der Waals surface area (Å²) in [5, 5.41) is 0. The van der Waals surface area contributed by atoms with Crippen LogP contribution in [-0.4, -0.2) is 36.9 Å². The van der Waals surface area contributed by atoms with Gasteiger partial charge in [-0.1, -0.05) is 56.3 Å². The predicted octanol–water partition coefficient (Wildman–Crippen LogP) is 4.32. The highest BCUT2D eigenvalue weighted by molar-refractivity contribution is 5.83. The SMILES string of the molecule is CCN(CC)CCOc1ccc(CC(C(C)=O)c2ccccc2)cc1. The molecule has 1 unspecified atom stereocenters. The molecular formula is C22H29NO2. The van der Waals surface area contributed by atoms with Gasteiger partial charge in [0.25, 0.3) is 0 Å². The largest absolute Gasteiger partial charge is 0.492 e. The summed E-state index contributed by atoms with van der Waals surface area (Å²) in [7, 11) is 0. The van der Waals surface area contributed by atoms with Crippen molar-refractivity contribution in [3.8, 4) is 5.75 Å². The smallest absolute Gasteiger partial charge is 0.137 e. The third-order valence-corrected chi connectivity index (χ3v) is 4.63. The molecule has 0 heterocycles. The fourth-order valence-electron chi connectivity index (χ4n) is 2.97. The van der Waals surface area contributed by atoms with E-state index in [2.05, 4.69) is 30.9 Å². The van der Waals surface area contributed by atoms with E-state index >= 15 is 0 Å². The van der Waals surface area contributed by atoms with Crippen molar-refractivity contribution in [2.75, 3.05) is 26.2 Å². The van der Waals surface area contributed by atoms with Crippen LogP contribution in [0.4, 0.5) is 0 Å².